The maximum absolute atomic E-state index is 13.9. The van der Waals surface area contributed by atoms with E-state index in [-0.39, 0.29) is 56.0 Å². The lowest BCUT2D eigenvalue weighted by Gasteiger charge is -2.26. The zero-order chi connectivity index (χ0) is 46.9. The molecule has 0 atom stereocenters. The van der Waals surface area contributed by atoms with Crippen molar-refractivity contribution in [2.24, 2.45) is 15.6 Å². The van der Waals surface area contributed by atoms with Crippen molar-refractivity contribution in [1.82, 2.24) is 0 Å². The topological polar surface area (TPSA) is 221 Å². The standard InChI is InChI=1S/C51H41N7O8/c1-2-57(44-19-15-42(16-20-44)55-56-43-17-21-45(22-18-43)58(62)63)31-32-64-50(61)51(35-54,29-27-48(59)65-46-23-11-40(12-24-46)38-7-3-36(33-52)4-8-38)30-28-49(60)66-47-25-13-41(14-26-47)39-9-5-37(34-53)6-10-39/h3-26H,2,27-32H2,1H3/b56-55+. The van der Waals surface area contributed by atoms with E-state index >= 15 is 0 Å². The van der Waals surface area contributed by atoms with E-state index in [1.165, 1.54) is 24.3 Å². The fourth-order valence-corrected chi connectivity index (χ4v) is 6.73. The lowest BCUT2D eigenvalue weighted by atomic mass is 9.80. The van der Waals surface area contributed by atoms with Gasteiger partial charge in [-0.15, -0.1) is 0 Å². The number of likely N-dealkylation sites (N-methyl/N-ethyl adjacent to an activating group) is 1. The van der Waals surface area contributed by atoms with E-state index in [0.717, 1.165) is 27.9 Å². The van der Waals surface area contributed by atoms with Gasteiger partial charge in [0.1, 0.15) is 18.1 Å². The molecule has 0 radical (unpaired) electrons. The first kappa shape index (κ1) is 46.5. The number of non-ortho nitro benzene ring substituents is 1. The lowest BCUT2D eigenvalue weighted by molar-refractivity contribution is -0.384. The van der Waals surface area contributed by atoms with Crippen LogP contribution < -0.4 is 14.4 Å². The number of azo groups is 1. The first-order chi connectivity index (χ1) is 32.0. The Labute approximate surface area is 380 Å². The molecule has 6 rings (SSSR count). The number of nitro benzene ring substituents is 1. The molecule has 0 unspecified atom stereocenters. The molecule has 15 heteroatoms. The molecule has 6 aromatic carbocycles. The number of carbonyl (C=O) groups excluding carboxylic acids is 3. The summed E-state index contributed by atoms with van der Waals surface area (Å²) in [4.78, 5) is 52.6. The van der Waals surface area contributed by atoms with E-state index in [4.69, 9.17) is 24.7 Å². The van der Waals surface area contributed by atoms with Gasteiger partial charge in [-0.2, -0.15) is 26.0 Å². The summed E-state index contributed by atoms with van der Waals surface area (Å²) < 4.78 is 16.8. The van der Waals surface area contributed by atoms with Crippen LogP contribution in [0.25, 0.3) is 22.3 Å². The van der Waals surface area contributed by atoms with Crippen molar-refractivity contribution in [3.63, 3.8) is 0 Å². The first-order valence-electron chi connectivity index (χ1n) is 20.7. The molecule has 0 amide bonds. The fourth-order valence-electron chi connectivity index (χ4n) is 6.73. The van der Waals surface area contributed by atoms with E-state index in [2.05, 4.69) is 22.4 Å². The first-order valence-corrected chi connectivity index (χ1v) is 20.7. The number of hydrogen-bond donors (Lipinski definition) is 0. The third-order valence-electron chi connectivity index (χ3n) is 10.5. The van der Waals surface area contributed by atoms with Crippen LogP contribution in [0.2, 0.25) is 0 Å². The number of carbonyl (C=O) groups is 3. The molecular weight excluding hydrogens is 839 g/mol. The quantitative estimate of drug-likeness (QED) is 0.0244. The summed E-state index contributed by atoms with van der Waals surface area (Å²) in [6.45, 7) is 2.57. The van der Waals surface area contributed by atoms with Gasteiger partial charge in [-0.3, -0.25) is 24.5 Å². The smallest absolute Gasteiger partial charge is 0.326 e. The van der Waals surface area contributed by atoms with Gasteiger partial charge >= 0.3 is 17.9 Å². The summed E-state index contributed by atoms with van der Waals surface area (Å²) in [7, 11) is 0. The van der Waals surface area contributed by atoms with Gasteiger partial charge in [0.15, 0.2) is 5.41 Å². The van der Waals surface area contributed by atoms with Crippen molar-refractivity contribution in [3.05, 3.63) is 167 Å². The van der Waals surface area contributed by atoms with Crippen LogP contribution in [0.3, 0.4) is 0 Å². The molecule has 0 heterocycles. The van der Waals surface area contributed by atoms with Crippen LogP contribution in [-0.4, -0.2) is 42.5 Å². The fraction of sp³-hybridized carbons (Fsp3) is 0.176. The number of nitriles is 3. The highest BCUT2D eigenvalue weighted by atomic mass is 16.6. The van der Waals surface area contributed by atoms with E-state index < -0.39 is 28.2 Å². The van der Waals surface area contributed by atoms with E-state index in [1.807, 2.05) is 54.3 Å². The second kappa shape index (κ2) is 22.4. The van der Waals surface area contributed by atoms with Crippen LogP contribution >= 0.6 is 0 Å². The molecule has 0 aromatic heterocycles. The number of esters is 3. The lowest BCUT2D eigenvalue weighted by Crippen LogP contribution is -2.36. The number of hydrogen-bond acceptors (Lipinski definition) is 14. The van der Waals surface area contributed by atoms with Crippen LogP contribution in [-0.2, 0) is 19.1 Å². The Morgan fingerprint density at radius 3 is 1.41 bits per heavy atom. The van der Waals surface area contributed by atoms with Crippen molar-refractivity contribution in [2.75, 3.05) is 24.6 Å². The molecule has 328 valence electrons. The summed E-state index contributed by atoms with van der Waals surface area (Å²) in [5.41, 5.74) is 4.26. The van der Waals surface area contributed by atoms with Crippen molar-refractivity contribution >= 4 is 40.7 Å². The summed E-state index contributed by atoms with van der Waals surface area (Å²) in [5.74, 6) is -1.81. The summed E-state index contributed by atoms with van der Waals surface area (Å²) >= 11 is 0. The number of benzene rings is 6. The minimum Gasteiger partial charge on any atom is -0.463 e. The normalized spacial score (nSPS) is 10.8. The van der Waals surface area contributed by atoms with Gasteiger partial charge in [-0.05, 0) is 127 Å². The molecule has 0 aliphatic rings. The van der Waals surface area contributed by atoms with Crippen LogP contribution in [0, 0.1) is 49.5 Å². The van der Waals surface area contributed by atoms with Crippen LogP contribution in [0.15, 0.2) is 156 Å². The SMILES string of the molecule is CCN(CCOC(=O)C(C#N)(CCC(=O)Oc1ccc(-c2ccc(C#N)cc2)cc1)CCC(=O)Oc1ccc(-c2ccc(C#N)cc2)cc1)c1ccc(/N=N/c2ccc([N+](=O)[O-])cc2)cc1. The predicted octanol–water partition coefficient (Wildman–Crippen LogP) is 10.7. The molecule has 0 saturated heterocycles. The Kier molecular flexibility index (Phi) is 15.8. The predicted molar refractivity (Wildman–Crippen MR) is 244 cm³/mol. The summed E-state index contributed by atoms with van der Waals surface area (Å²) in [6.07, 6.45) is -1.30. The number of nitrogens with zero attached hydrogens (tertiary/aromatic N) is 7. The third kappa shape index (κ3) is 12.6. The van der Waals surface area contributed by atoms with E-state index in [9.17, 15) is 29.8 Å². The molecule has 0 N–H and O–H groups in total. The van der Waals surface area contributed by atoms with Gasteiger partial charge in [0, 0.05) is 37.2 Å². The summed E-state index contributed by atoms with van der Waals surface area (Å²) in [5, 5.41) is 48.0. The molecule has 0 aliphatic carbocycles. The van der Waals surface area contributed by atoms with E-state index in [0.29, 0.717) is 29.0 Å². The van der Waals surface area contributed by atoms with Crippen LogP contribution in [0.5, 0.6) is 11.5 Å². The Hall–Kier alpha value is -9.00. The molecule has 0 saturated carbocycles. The molecule has 15 nitrogen and oxygen atoms in total. The molecule has 0 fully saturated rings. The highest BCUT2D eigenvalue weighted by molar-refractivity contribution is 5.83. The summed E-state index contributed by atoms with van der Waals surface area (Å²) in [6, 6.07) is 46.6. The van der Waals surface area contributed by atoms with Gasteiger partial charge in [0.2, 0.25) is 0 Å². The maximum Gasteiger partial charge on any atom is 0.326 e. The number of nitro groups is 1. The second-order valence-electron chi connectivity index (χ2n) is 14.8. The van der Waals surface area contributed by atoms with E-state index in [1.54, 1.807) is 84.9 Å². The zero-order valence-electron chi connectivity index (χ0n) is 35.7. The maximum atomic E-state index is 13.9. The van der Waals surface area contributed by atoms with Crippen molar-refractivity contribution in [3.8, 4) is 52.0 Å². The Balaban J connectivity index is 1.09. The molecule has 0 bridgehead atoms. The number of rotatable bonds is 19. The third-order valence-corrected chi connectivity index (χ3v) is 10.5. The second-order valence-corrected chi connectivity index (χ2v) is 14.8. The van der Waals surface area contributed by atoms with Crippen LogP contribution in [0.4, 0.5) is 22.7 Å². The molecule has 6 aromatic rings. The molecule has 0 aliphatic heterocycles. The van der Waals surface area contributed by atoms with Gasteiger partial charge in [-0.25, -0.2) is 0 Å². The van der Waals surface area contributed by atoms with Crippen molar-refractivity contribution < 1.29 is 33.5 Å². The monoisotopic (exact) mass is 879 g/mol. The van der Waals surface area contributed by atoms with Crippen LogP contribution in [0.1, 0.15) is 43.7 Å². The average Bonchev–Trinajstić information content (AvgIpc) is 3.35. The highest BCUT2D eigenvalue weighted by Crippen LogP contribution is 2.33. The zero-order valence-corrected chi connectivity index (χ0v) is 35.7. The Morgan fingerprint density at radius 1 is 0.621 bits per heavy atom. The highest BCUT2D eigenvalue weighted by Gasteiger charge is 2.41. The number of ether oxygens (including phenoxy) is 3. The van der Waals surface area contributed by atoms with Crippen molar-refractivity contribution in [2.45, 2.75) is 32.6 Å². The molecule has 0 spiro atoms. The average molecular weight is 880 g/mol. The number of anilines is 1. The van der Waals surface area contributed by atoms with Gasteiger partial charge in [0.05, 0.1) is 52.2 Å². The molecule has 66 heavy (non-hydrogen) atoms. The largest absolute Gasteiger partial charge is 0.463 e. The molecular formula is C51H41N7O8. The van der Waals surface area contributed by atoms with Gasteiger partial charge in [0.25, 0.3) is 5.69 Å². The van der Waals surface area contributed by atoms with Crippen molar-refractivity contribution in [1.29, 1.82) is 15.8 Å². The minimum absolute atomic E-state index is 0.0522. The van der Waals surface area contributed by atoms with Gasteiger partial charge in [-0.1, -0.05) is 48.5 Å². The Bertz CT molecular complexity index is 2690. The minimum atomic E-state index is -1.91. The van der Waals surface area contributed by atoms with Gasteiger partial charge < -0.3 is 19.1 Å². The Morgan fingerprint density at radius 2 is 1.03 bits per heavy atom.